The Morgan fingerprint density at radius 3 is 2.65 bits per heavy atom. The minimum atomic E-state index is -0.662. The van der Waals surface area contributed by atoms with E-state index in [2.05, 4.69) is 5.32 Å². The van der Waals surface area contributed by atoms with E-state index in [1.807, 2.05) is 0 Å². The van der Waals surface area contributed by atoms with Crippen molar-refractivity contribution in [1.29, 1.82) is 0 Å². The summed E-state index contributed by atoms with van der Waals surface area (Å²) in [6.07, 6.45) is -0.550. The first-order chi connectivity index (χ1) is 11.0. The van der Waals surface area contributed by atoms with Gasteiger partial charge in [-0.3, -0.25) is 9.59 Å². The average Bonchev–Trinajstić information content (AvgIpc) is 2.54. The van der Waals surface area contributed by atoms with Crippen LogP contribution in [0.3, 0.4) is 0 Å². The highest BCUT2D eigenvalue weighted by atomic mass is 35.5. The highest BCUT2D eigenvalue weighted by Crippen LogP contribution is 2.19. The Morgan fingerprint density at radius 2 is 1.96 bits per heavy atom. The Balaban J connectivity index is 1.66. The van der Waals surface area contributed by atoms with Crippen LogP contribution in [0.4, 0.5) is 4.79 Å². The quantitative estimate of drug-likeness (QED) is 0.824. The van der Waals surface area contributed by atoms with Gasteiger partial charge >= 0.3 is 6.09 Å². The van der Waals surface area contributed by atoms with Gasteiger partial charge in [-0.25, -0.2) is 4.79 Å². The van der Waals surface area contributed by atoms with E-state index in [0.29, 0.717) is 23.9 Å². The first kappa shape index (κ1) is 15.6. The van der Waals surface area contributed by atoms with Gasteiger partial charge in [-0.1, -0.05) is 11.6 Å². The van der Waals surface area contributed by atoms with Gasteiger partial charge in [0.1, 0.15) is 17.8 Å². The van der Waals surface area contributed by atoms with Crippen LogP contribution < -0.4 is 10.1 Å². The number of hydrogen-bond donors (Lipinski definition) is 1. The summed E-state index contributed by atoms with van der Waals surface area (Å²) >= 11 is 5.78. The van der Waals surface area contributed by atoms with Crippen molar-refractivity contribution >= 4 is 29.5 Å². The van der Waals surface area contributed by atoms with Crippen molar-refractivity contribution in [3.8, 4) is 5.75 Å². The maximum absolute atomic E-state index is 12.2. The summed E-state index contributed by atoms with van der Waals surface area (Å²) in [6.45, 7) is 2.42. The van der Waals surface area contributed by atoms with Gasteiger partial charge in [0.25, 0.3) is 0 Å². The molecule has 8 heteroatoms. The van der Waals surface area contributed by atoms with Crippen molar-refractivity contribution in [3.05, 3.63) is 29.3 Å². The Kier molecular flexibility index (Phi) is 4.12. The Labute approximate surface area is 138 Å². The van der Waals surface area contributed by atoms with Gasteiger partial charge in [0.05, 0.1) is 6.54 Å². The van der Waals surface area contributed by atoms with Crippen LogP contribution in [0.15, 0.2) is 24.3 Å². The van der Waals surface area contributed by atoms with Crippen molar-refractivity contribution in [2.75, 3.05) is 19.6 Å². The maximum Gasteiger partial charge on any atom is 0.415 e. The van der Waals surface area contributed by atoms with E-state index in [4.69, 9.17) is 16.3 Å². The third kappa shape index (κ3) is 3.10. The number of hydrogen-bond acceptors (Lipinski definition) is 4. The Bertz CT molecular complexity index is 649. The zero-order valence-electron chi connectivity index (χ0n) is 12.5. The van der Waals surface area contributed by atoms with E-state index in [9.17, 15) is 14.4 Å². The average molecular weight is 338 g/mol. The summed E-state index contributed by atoms with van der Waals surface area (Å²) in [5, 5.41) is 3.17. The van der Waals surface area contributed by atoms with Gasteiger partial charge in [-0.2, -0.15) is 0 Å². The molecule has 1 aromatic carbocycles. The fraction of sp³-hybridized carbons (Fsp3) is 0.400. The first-order valence-electron chi connectivity index (χ1n) is 7.29. The molecule has 122 valence electrons. The number of nitrogens with one attached hydrogen (secondary N) is 1. The van der Waals surface area contributed by atoms with Gasteiger partial charge in [-0.05, 0) is 31.2 Å². The van der Waals surface area contributed by atoms with E-state index in [1.165, 1.54) is 9.80 Å². The monoisotopic (exact) mass is 337 g/mol. The van der Waals surface area contributed by atoms with Crippen molar-refractivity contribution in [3.63, 3.8) is 0 Å². The molecule has 2 saturated heterocycles. The zero-order chi connectivity index (χ0) is 16.6. The van der Waals surface area contributed by atoms with Crippen molar-refractivity contribution in [2.24, 2.45) is 0 Å². The number of carbonyl (C=O) groups is 3. The molecule has 3 rings (SSSR count). The SMILES string of the molecule is C[C@H]1NC(=O)[C@H]2CN(C(=O)Oc3ccc(Cl)cc3)CCN2C1=O. The molecule has 0 spiro atoms. The minimum Gasteiger partial charge on any atom is -0.410 e. The van der Waals surface area contributed by atoms with E-state index in [1.54, 1.807) is 31.2 Å². The van der Waals surface area contributed by atoms with Crippen molar-refractivity contribution in [2.45, 2.75) is 19.0 Å². The lowest BCUT2D eigenvalue weighted by molar-refractivity contribution is -0.151. The normalized spacial score (nSPS) is 24.1. The smallest absolute Gasteiger partial charge is 0.410 e. The predicted molar refractivity (Wildman–Crippen MR) is 82.2 cm³/mol. The molecule has 0 aromatic heterocycles. The van der Waals surface area contributed by atoms with Gasteiger partial charge in [0, 0.05) is 18.1 Å². The van der Waals surface area contributed by atoms with Gasteiger partial charge in [0.2, 0.25) is 11.8 Å². The molecule has 0 radical (unpaired) electrons. The number of piperazine rings is 2. The number of nitrogens with zero attached hydrogens (tertiary/aromatic N) is 2. The third-order valence-electron chi connectivity index (χ3n) is 3.97. The predicted octanol–water partition coefficient (Wildman–Crippen LogP) is 0.870. The summed E-state index contributed by atoms with van der Waals surface area (Å²) in [6, 6.07) is 5.24. The lowest BCUT2D eigenvalue weighted by atomic mass is 10.1. The van der Waals surface area contributed by atoms with Crippen LogP contribution >= 0.6 is 11.6 Å². The van der Waals surface area contributed by atoms with Crippen LogP contribution in [0.25, 0.3) is 0 Å². The highest BCUT2D eigenvalue weighted by Gasteiger charge is 2.43. The van der Waals surface area contributed by atoms with Crippen LogP contribution in [0.1, 0.15) is 6.92 Å². The van der Waals surface area contributed by atoms with E-state index < -0.39 is 18.2 Å². The first-order valence-corrected chi connectivity index (χ1v) is 7.66. The summed E-state index contributed by atoms with van der Waals surface area (Å²) in [5.74, 6) is 0.000959. The van der Waals surface area contributed by atoms with Crippen LogP contribution in [0, 0.1) is 0 Å². The lowest BCUT2D eigenvalue weighted by Gasteiger charge is -2.44. The van der Waals surface area contributed by atoms with E-state index >= 15 is 0 Å². The molecule has 3 amide bonds. The molecule has 1 N–H and O–H groups in total. The number of carbonyl (C=O) groups excluding carboxylic acids is 3. The molecule has 2 atom stereocenters. The molecule has 7 nitrogen and oxygen atoms in total. The molecular formula is C15H16ClN3O4. The molecule has 0 saturated carbocycles. The number of amides is 3. The summed E-state index contributed by atoms with van der Waals surface area (Å²) in [4.78, 5) is 39.3. The van der Waals surface area contributed by atoms with Crippen LogP contribution in [-0.2, 0) is 9.59 Å². The molecule has 2 heterocycles. The minimum absolute atomic E-state index is 0.122. The number of halogens is 1. The van der Waals surface area contributed by atoms with Gasteiger partial charge < -0.3 is 19.9 Å². The number of rotatable bonds is 1. The number of ether oxygens (including phenoxy) is 1. The molecule has 2 aliphatic heterocycles. The largest absolute Gasteiger partial charge is 0.415 e. The second kappa shape index (κ2) is 6.08. The summed E-state index contributed by atoms with van der Waals surface area (Å²) in [5.41, 5.74) is 0. The summed E-state index contributed by atoms with van der Waals surface area (Å²) < 4.78 is 5.26. The standard InChI is InChI=1S/C15H16ClN3O4/c1-9-14(21)19-7-6-18(8-12(19)13(20)17-9)15(22)23-11-4-2-10(16)3-5-11/h2-5,9,12H,6-8H2,1H3,(H,17,20)/t9-,12-/m1/s1. The fourth-order valence-electron chi connectivity index (χ4n) is 2.72. The highest BCUT2D eigenvalue weighted by molar-refractivity contribution is 6.30. The molecular weight excluding hydrogens is 322 g/mol. The number of benzene rings is 1. The van der Waals surface area contributed by atoms with E-state index in [0.717, 1.165) is 0 Å². The van der Waals surface area contributed by atoms with Gasteiger partial charge in [-0.15, -0.1) is 0 Å². The molecule has 0 aliphatic carbocycles. The number of fused-ring (bicyclic) bond motifs is 1. The summed E-state index contributed by atoms with van der Waals surface area (Å²) in [7, 11) is 0. The van der Waals surface area contributed by atoms with Crippen LogP contribution in [-0.4, -0.2) is 59.4 Å². The molecule has 0 unspecified atom stereocenters. The zero-order valence-corrected chi connectivity index (χ0v) is 13.2. The second-order valence-electron chi connectivity index (χ2n) is 5.55. The lowest BCUT2D eigenvalue weighted by Crippen LogP contribution is -2.69. The molecule has 2 aliphatic rings. The van der Waals surface area contributed by atoms with Crippen LogP contribution in [0.2, 0.25) is 5.02 Å². The Hall–Kier alpha value is -2.28. The van der Waals surface area contributed by atoms with Crippen molar-refractivity contribution in [1.82, 2.24) is 15.1 Å². The van der Waals surface area contributed by atoms with Gasteiger partial charge in [0.15, 0.2) is 0 Å². The maximum atomic E-state index is 12.2. The van der Waals surface area contributed by atoms with Crippen LogP contribution in [0.5, 0.6) is 5.75 Å². The fourth-order valence-corrected chi connectivity index (χ4v) is 2.85. The molecule has 2 fully saturated rings. The Morgan fingerprint density at radius 1 is 1.26 bits per heavy atom. The van der Waals surface area contributed by atoms with E-state index in [-0.39, 0.29) is 18.4 Å². The molecule has 23 heavy (non-hydrogen) atoms. The molecule has 0 bridgehead atoms. The topological polar surface area (TPSA) is 79.0 Å². The van der Waals surface area contributed by atoms with Crippen molar-refractivity contribution < 1.29 is 19.1 Å². The third-order valence-corrected chi connectivity index (χ3v) is 4.22. The molecule has 1 aromatic rings. The second-order valence-corrected chi connectivity index (χ2v) is 5.98.